The maximum Gasteiger partial charge on any atom is 0.231 e. The number of benzene rings is 2. The zero-order valence-corrected chi connectivity index (χ0v) is 13.0. The molecular weight excluding hydrogens is 314 g/mol. The van der Waals surface area contributed by atoms with E-state index in [4.69, 9.17) is 25.5 Å². The summed E-state index contributed by atoms with van der Waals surface area (Å²) in [6.45, 7) is 0.849. The Labute approximate surface area is 138 Å². The maximum absolute atomic E-state index is 6.19. The lowest BCUT2D eigenvalue weighted by atomic mass is 10.2. The van der Waals surface area contributed by atoms with Crippen LogP contribution in [0.4, 0.5) is 5.69 Å². The maximum atomic E-state index is 6.19. The SMILES string of the molecule is Clc1ccccc1-c1ccc(CNc2ccc3c(c2)OCO3)o1. The minimum Gasteiger partial charge on any atom is -0.459 e. The van der Waals surface area contributed by atoms with Crippen molar-refractivity contribution in [2.75, 3.05) is 12.1 Å². The lowest BCUT2D eigenvalue weighted by molar-refractivity contribution is 0.174. The molecule has 1 aromatic heterocycles. The Balaban J connectivity index is 1.47. The molecule has 2 heterocycles. The zero-order chi connectivity index (χ0) is 15.6. The van der Waals surface area contributed by atoms with Crippen LogP contribution in [0.25, 0.3) is 11.3 Å². The summed E-state index contributed by atoms with van der Waals surface area (Å²) in [5, 5.41) is 3.99. The molecule has 0 saturated carbocycles. The lowest BCUT2D eigenvalue weighted by Gasteiger charge is -2.05. The van der Waals surface area contributed by atoms with E-state index >= 15 is 0 Å². The Kier molecular flexibility index (Phi) is 3.60. The van der Waals surface area contributed by atoms with Gasteiger partial charge in [0.25, 0.3) is 0 Å². The molecule has 3 aromatic rings. The zero-order valence-electron chi connectivity index (χ0n) is 12.2. The van der Waals surface area contributed by atoms with Gasteiger partial charge in [0.05, 0.1) is 11.6 Å². The van der Waals surface area contributed by atoms with Gasteiger partial charge in [0.1, 0.15) is 11.5 Å². The molecule has 0 saturated heterocycles. The van der Waals surface area contributed by atoms with Crippen molar-refractivity contribution in [2.45, 2.75) is 6.54 Å². The molecule has 0 spiro atoms. The van der Waals surface area contributed by atoms with Gasteiger partial charge in [-0.3, -0.25) is 0 Å². The fourth-order valence-corrected chi connectivity index (χ4v) is 2.70. The smallest absolute Gasteiger partial charge is 0.231 e. The van der Waals surface area contributed by atoms with Gasteiger partial charge in [-0.05, 0) is 36.4 Å². The first-order valence-corrected chi connectivity index (χ1v) is 7.64. The molecule has 0 unspecified atom stereocenters. The molecule has 5 heteroatoms. The van der Waals surface area contributed by atoms with E-state index in [1.54, 1.807) is 0 Å². The highest BCUT2D eigenvalue weighted by Crippen LogP contribution is 2.34. The van der Waals surface area contributed by atoms with Crippen molar-refractivity contribution in [2.24, 2.45) is 0 Å². The summed E-state index contributed by atoms with van der Waals surface area (Å²) in [6.07, 6.45) is 0. The first-order valence-electron chi connectivity index (χ1n) is 7.27. The number of furan rings is 1. The number of nitrogens with one attached hydrogen (secondary N) is 1. The topological polar surface area (TPSA) is 43.6 Å². The Morgan fingerprint density at radius 2 is 1.83 bits per heavy atom. The summed E-state index contributed by atoms with van der Waals surface area (Å²) in [5.41, 5.74) is 1.84. The molecule has 0 bridgehead atoms. The third kappa shape index (κ3) is 2.85. The highest BCUT2D eigenvalue weighted by Gasteiger charge is 2.13. The second kappa shape index (κ2) is 5.89. The molecule has 0 radical (unpaired) electrons. The molecule has 1 aliphatic rings. The highest BCUT2D eigenvalue weighted by atomic mass is 35.5. The molecule has 2 aromatic carbocycles. The van der Waals surface area contributed by atoms with E-state index < -0.39 is 0 Å². The Bertz CT molecular complexity index is 844. The number of hydrogen-bond donors (Lipinski definition) is 1. The first kappa shape index (κ1) is 14.0. The molecule has 1 N–H and O–H groups in total. The van der Waals surface area contributed by atoms with Crippen molar-refractivity contribution >= 4 is 17.3 Å². The van der Waals surface area contributed by atoms with E-state index in [9.17, 15) is 0 Å². The molecule has 0 fully saturated rings. The summed E-state index contributed by atoms with van der Waals surface area (Å²) < 4.78 is 16.5. The van der Waals surface area contributed by atoms with E-state index in [1.165, 1.54) is 0 Å². The largest absolute Gasteiger partial charge is 0.459 e. The summed E-state index contributed by atoms with van der Waals surface area (Å²) in [5.74, 6) is 3.12. The Hall–Kier alpha value is -2.59. The number of hydrogen-bond acceptors (Lipinski definition) is 4. The fraction of sp³-hybridized carbons (Fsp3) is 0.111. The Morgan fingerprint density at radius 3 is 2.74 bits per heavy atom. The third-order valence-corrected chi connectivity index (χ3v) is 3.97. The monoisotopic (exact) mass is 327 g/mol. The molecule has 0 amide bonds. The third-order valence-electron chi connectivity index (χ3n) is 3.64. The predicted octanol–water partition coefficient (Wildman–Crippen LogP) is 4.94. The number of fused-ring (bicyclic) bond motifs is 1. The van der Waals surface area contributed by atoms with Gasteiger partial charge in [-0.1, -0.05) is 23.7 Å². The molecule has 23 heavy (non-hydrogen) atoms. The molecule has 116 valence electrons. The van der Waals surface area contributed by atoms with Gasteiger partial charge in [-0.25, -0.2) is 0 Å². The van der Waals surface area contributed by atoms with Crippen LogP contribution in [0, 0.1) is 0 Å². The minimum atomic E-state index is 0.276. The summed E-state index contributed by atoms with van der Waals surface area (Å²) in [6, 6.07) is 17.3. The van der Waals surface area contributed by atoms with Crippen molar-refractivity contribution in [1.82, 2.24) is 0 Å². The van der Waals surface area contributed by atoms with E-state index in [0.717, 1.165) is 34.3 Å². The summed E-state index contributed by atoms with van der Waals surface area (Å²) in [7, 11) is 0. The van der Waals surface area contributed by atoms with E-state index in [2.05, 4.69) is 5.32 Å². The van der Waals surface area contributed by atoms with Crippen molar-refractivity contribution < 1.29 is 13.9 Å². The highest BCUT2D eigenvalue weighted by molar-refractivity contribution is 6.33. The van der Waals surface area contributed by atoms with Crippen LogP contribution in [-0.4, -0.2) is 6.79 Å². The van der Waals surface area contributed by atoms with Crippen molar-refractivity contribution in [1.29, 1.82) is 0 Å². The van der Waals surface area contributed by atoms with E-state index in [-0.39, 0.29) is 6.79 Å². The van der Waals surface area contributed by atoms with Crippen LogP contribution in [0.1, 0.15) is 5.76 Å². The summed E-state index contributed by atoms with van der Waals surface area (Å²) in [4.78, 5) is 0. The van der Waals surface area contributed by atoms with Crippen LogP contribution < -0.4 is 14.8 Å². The van der Waals surface area contributed by atoms with Crippen LogP contribution in [-0.2, 0) is 6.54 Å². The molecule has 0 atom stereocenters. The number of halogens is 1. The van der Waals surface area contributed by atoms with Gasteiger partial charge in [0.15, 0.2) is 11.5 Å². The van der Waals surface area contributed by atoms with Crippen LogP contribution in [0.15, 0.2) is 59.0 Å². The van der Waals surface area contributed by atoms with E-state index in [0.29, 0.717) is 11.6 Å². The van der Waals surface area contributed by atoms with Crippen LogP contribution in [0.2, 0.25) is 5.02 Å². The van der Waals surface area contributed by atoms with Crippen molar-refractivity contribution in [3.63, 3.8) is 0 Å². The quantitative estimate of drug-likeness (QED) is 0.737. The lowest BCUT2D eigenvalue weighted by Crippen LogP contribution is -1.97. The second-order valence-electron chi connectivity index (χ2n) is 5.17. The fourth-order valence-electron chi connectivity index (χ4n) is 2.47. The van der Waals surface area contributed by atoms with Crippen LogP contribution in [0.5, 0.6) is 11.5 Å². The van der Waals surface area contributed by atoms with Gasteiger partial charge in [0, 0.05) is 17.3 Å². The number of anilines is 1. The molecule has 4 rings (SSSR count). The normalized spacial score (nSPS) is 12.4. The molecule has 4 nitrogen and oxygen atoms in total. The average Bonchev–Trinajstić information content (AvgIpc) is 3.22. The number of rotatable bonds is 4. The number of ether oxygens (including phenoxy) is 2. The molecular formula is C18H14ClNO3. The molecule has 0 aliphatic carbocycles. The second-order valence-corrected chi connectivity index (χ2v) is 5.57. The van der Waals surface area contributed by atoms with Gasteiger partial charge in [0.2, 0.25) is 6.79 Å². The standard InChI is InChI=1S/C18H14ClNO3/c19-15-4-2-1-3-14(15)16-8-6-13(23-16)10-20-12-5-7-17-18(9-12)22-11-21-17/h1-9,20H,10-11H2. The van der Waals surface area contributed by atoms with Crippen molar-refractivity contribution in [3.8, 4) is 22.8 Å². The minimum absolute atomic E-state index is 0.276. The predicted molar refractivity (Wildman–Crippen MR) is 89.0 cm³/mol. The van der Waals surface area contributed by atoms with Crippen LogP contribution in [0.3, 0.4) is 0 Å². The van der Waals surface area contributed by atoms with Crippen LogP contribution >= 0.6 is 11.6 Å². The average molecular weight is 328 g/mol. The first-order chi connectivity index (χ1) is 11.3. The van der Waals surface area contributed by atoms with E-state index in [1.807, 2.05) is 54.6 Å². The van der Waals surface area contributed by atoms with Gasteiger partial charge in [-0.2, -0.15) is 0 Å². The van der Waals surface area contributed by atoms with Gasteiger partial charge < -0.3 is 19.2 Å². The Morgan fingerprint density at radius 1 is 0.957 bits per heavy atom. The van der Waals surface area contributed by atoms with Crippen molar-refractivity contribution in [3.05, 3.63) is 65.4 Å². The summed E-state index contributed by atoms with van der Waals surface area (Å²) >= 11 is 6.19. The van der Waals surface area contributed by atoms with Gasteiger partial charge in [-0.15, -0.1) is 0 Å². The molecule has 1 aliphatic heterocycles. The van der Waals surface area contributed by atoms with Gasteiger partial charge >= 0.3 is 0 Å².